The van der Waals surface area contributed by atoms with Crippen LogP contribution in [0.25, 0.3) is 10.4 Å². The number of hydrogen-bond acceptors (Lipinski definition) is 9. The van der Waals surface area contributed by atoms with Crippen molar-refractivity contribution in [3.05, 3.63) is 10.4 Å². The quantitative estimate of drug-likeness (QED) is 0.174. The number of azide groups is 1. The molecule has 112 valence electrons. The van der Waals surface area contributed by atoms with Crippen molar-refractivity contribution < 1.29 is 9.47 Å². The number of hydrogen-bond donors (Lipinski definition) is 4. The monoisotopic (exact) mass is 285 g/mol. The maximum absolute atomic E-state index is 8.05. The Bertz CT molecular complexity index is 418. The van der Waals surface area contributed by atoms with E-state index in [9.17, 15) is 0 Å². The molecule has 0 bridgehead atoms. The topological polar surface area (TPSA) is 182 Å². The van der Waals surface area contributed by atoms with E-state index in [2.05, 4.69) is 25.3 Å². The largest absolute Gasteiger partial charge is 0.379 e. The predicted molar refractivity (Wildman–Crippen MR) is 73.6 cm³/mol. The van der Waals surface area contributed by atoms with Gasteiger partial charge >= 0.3 is 0 Å². The van der Waals surface area contributed by atoms with Crippen LogP contribution in [-0.4, -0.2) is 50.7 Å². The van der Waals surface area contributed by atoms with Gasteiger partial charge in [0.25, 0.3) is 0 Å². The Hall–Kier alpha value is -2.07. The highest BCUT2D eigenvalue weighted by atomic mass is 16.5. The summed E-state index contributed by atoms with van der Waals surface area (Å²) in [5, 5.41) is 6.06. The first-order valence-electron chi connectivity index (χ1n) is 5.98. The van der Waals surface area contributed by atoms with E-state index in [1.165, 1.54) is 0 Å². The van der Waals surface area contributed by atoms with Crippen molar-refractivity contribution in [3.8, 4) is 0 Å². The number of nitrogens with two attached hydrogens (primary N) is 3. The van der Waals surface area contributed by atoms with Gasteiger partial charge in [-0.25, -0.2) is 4.99 Å². The minimum atomic E-state index is -1.10. The van der Waals surface area contributed by atoms with Crippen molar-refractivity contribution in [2.24, 2.45) is 32.3 Å². The molecule has 1 aliphatic rings. The molecule has 1 atom stereocenters. The lowest BCUT2D eigenvalue weighted by atomic mass is 10.2. The zero-order chi connectivity index (χ0) is 14.8. The highest BCUT2D eigenvalue weighted by Crippen LogP contribution is 2.08. The molecule has 7 N–H and O–H groups in total. The summed E-state index contributed by atoms with van der Waals surface area (Å²) in [6.07, 6.45) is 0.378. The standard InChI is InChI=1S/C9H19N9O2/c10-7-15-8(11)17-9(12,16-7)1-3-19-5-6-20-4-2-14-18-13/h1-6,12H2,(H5,10,11,15,16,17). The van der Waals surface area contributed by atoms with Crippen LogP contribution in [0, 0.1) is 0 Å². The van der Waals surface area contributed by atoms with Gasteiger partial charge in [-0.05, 0) is 5.53 Å². The third-order valence-electron chi connectivity index (χ3n) is 2.29. The van der Waals surface area contributed by atoms with E-state index in [1.807, 2.05) is 0 Å². The van der Waals surface area contributed by atoms with Crippen molar-refractivity contribution in [2.45, 2.75) is 12.2 Å². The lowest BCUT2D eigenvalue weighted by Crippen LogP contribution is -2.60. The van der Waals surface area contributed by atoms with Gasteiger partial charge in [-0.1, -0.05) is 5.11 Å². The van der Waals surface area contributed by atoms with Gasteiger partial charge in [0.2, 0.25) is 5.96 Å². The summed E-state index contributed by atoms with van der Waals surface area (Å²) < 4.78 is 10.5. The highest BCUT2D eigenvalue weighted by Gasteiger charge is 2.27. The maximum atomic E-state index is 8.05. The molecule has 0 aromatic heterocycles. The van der Waals surface area contributed by atoms with Crippen molar-refractivity contribution in [1.29, 1.82) is 0 Å². The first-order chi connectivity index (χ1) is 9.56. The minimum Gasteiger partial charge on any atom is -0.379 e. The Morgan fingerprint density at radius 3 is 2.60 bits per heavy atom. The van der Waals surface area contributed by atoms with E-state index in [-0.39, 0.29) is 11.9 Å². The van der Waals surface area contributed by atoms with Crippen LogP contribution >= 0.6 is 0 Å². The minimum absolute atomic E-state index is 0.0325. The van der Waals surface area contributed by atoms with Crippen LogP contribution in [0.2, 0.25) is 0 Å². The van der Waals surface area contributed by atoms with Gasteiger partial charge in [0.1, 0.15) is 0 Å². The molecule has 0 fully saturated rings. The van der Waals surface area contributed by atoms with Crippen LogP contribution in [0.3, 0.4) is 0 Å². The number of rotatable bonds is 9. The molecule has 0 aromatic carbocycles. The third-order valence-corrected chi connectivity index (χ3v) is 2.29. The van der Waals surface area contributed by atoms with Gasteiger partial charge in [0.05, 0.1) is 26.4 Å². The lowest BCUT2D eigenvalue weighted by Gasteiger charge is -2.29. The zero-order valence-electron chi connectivity index (χ0n) is 11.0. The van der Waals surface area contributed by atoms with Crippen LogP contribution in [0.1, 0.15) is 6.42 Å². The molecule has 0 radical (unpaired) electrons. The summed E-state index contributed by atoms with van der Waals surface area (Å²) in [6.45, 7) is 1.83. The number of nitrogens with zero attached hydrogens (tertiary/aromatic N) is 5. The highest BCUT2D eigenvalue weighted by molar-refractivity contribution is 5.95. The summed E-state index contributed by atoms with van der Waals surface area (Å²) in [5.74, 6) is -0.940. The Kier molecular flexibility index (Phi) is 6.53. The van der Waals surface area contributed by atoms with Gasteiger partial charge in [0.15, 0.2) is 11.7 Å². The molecule has 1 unspecified atom stereocenters. The van der Waals surface area contributed by atoms with Crippen molar-refractivity contribution in [2.75, 3.05) is 33.0 Å². The summed E-state index contributed by atoms with van der Waals surface area (Å²) in [6, 6.07) is 0. The molecule has 0 spiro atoms. The van der Waals surface area contributed by atoms with Crippen LogP contribution in [-0.2, 0) is 9.47 Å². The van der Waals surface area contributed by atoms with E-state index in [0.29, 0.717) is 39.4 Å². The molecule has 0 amide bonds. The second-order valence-electron chi connectivity index (χ2n) is 3.95. The van der Waals surface area contributed by atoms with Crippen molar-refractivity contribution in [3.63, 3.8) is 0 Å². The van der Waals surface area contributed by atoms with Gasteiger partial charge in [0, 0.05) is 17.9 Å². The summed E-state index contributed by atoms with van der Waals surface area (Å²) >= 11 is 0. The molecule has 0 aliphatic carbocycles. The molecule has 11 nitrogen and oxygen atoms in total. The molecule has 1 aliphatic heterocycles. The first-order valence-corrected chi connectivity index (χ1v) is 5.98. The van der Waals surface area contributed by atoms with Gasteiger partial charge < -0.3 is 26.3 Å². The van der Waals surface area contributed by atoms with E-state index in [4.69, 9.17) is 32.2 Å². The number of ether oxygens (including phenoxy) is 2. The van der Waals surface area contributed by atoms with Gasteiger partial charge in [-0.15, -0.1) is 0 Å². The van der Waals surface area contributed by atoms with Crippen molar-refractivity contribution >= 4 is 11.9 Å². The zero-order valence-corrected chi connectivity index (χ0v) is 11.0. The third kappa shape index (κ3) is 6.20. The summed E-state index contributed by atoms with van der Waals surface area (Å²) in [5.41, 5.74) is 25.0. The normalized spacial score (nSPS) is 21.4. The molecular weight excluding hydrogens is 266 g/mol. The Morgan fingerprint density at radius 2 is 1.95 bits per heavy atom. The second kappa shape index (κ2) is 8.17. The fourth-order valence-corrected chi connectivity index (χ4v) is 1.45. The Balaban J connectivity index is 2.09. The molecule has 0 saturated carbocycles. The smallest absolute Gasteiger partial charge is 0.222 e. The molecule has 20 heavy (non-hydrogen) atoms. The fraction of sp³-hybridized carbons (Fsp3) is 0.778. The lowest BCUT2D eigenvalue weighted by molar-refractivity contribution is 0.0431. The molecule has 1 heterocycles. The summed E-state index contributed by atoms with van der Waals surface area (Å²) in [7, 11) is 0. The molecule has 0 aromatic rings. The number of aliphatic imine (C=N–C) groups is 2. The maximum Gasteiger partial charge on any atom is 0.222 e. The fourth-order valence-electron chi connectivity index (χ4n) is 1.45. The van der Waals surface area contributed by atoms with Crippen LogP contribution in [0.5, 0.6) is 0 Å². The second-order valence-corrected chi connectivity index (χ2v) is 3.95. The number of guanidine groups is 2. The molecule has 0 saturated heterocycles. The molecule has 1 rings (SSSR count). The molecular formula is C9H19N9O2. The molecule has 11 heteroatoms. The van der Waals surface area contributed by atoms with Crippen LogP contribution < -0.4 is 22.5 Å². The average Bonchev–Trinajstić information content (AvgIpc) is 2.35. The average molecular weight is 285 g/mol. The van der Waals surface area contributed by atoms with Gasteiger partial charge in [-0.3, -0.25) is 5.73 Å². The Morgan fingerprint density at radius 1 is 1.25 bits per heavy atom. The number of nitrogens with one attached hydrogen (secondary N) is 1. The Labute approximate surface area is 115 Å². The van der Waals surface area contributed by atoms with Gasteiger partial charge in [-0.2, -0.15) is 4.99 Å². The van der Waals surface area contributed by atoms with Crippen molar-refractivity contribution in [1.82, 2.24) is 5.32 Å². The van der Waals surface area contributed by atoms with Crippen LogP contribution in [0.15, 0.2) is 15.1 Å². The first kappa shape index (κ1) is 16.0. The van der Waals surface area contributed by atoms with E-state index in [1.54, 1.807) is 0 Å². The van der Waals surface area contributed by atoms with E-state index in [0.717, 1.165) is 0 Å². The van der Waals surface area contributed by atoms with E-state index >= 15 is 0 Å². The van der Waals surface area contributed by atoms with E-state index < -0.39 is 5.79 Å². The predicted octanol–water partition coefficient (Wildman–Crippen LogP) is -1.43. The summed E-state index contributed by atoms with van der Waals surface area (Å²) in [4.78, 5) is 10.3. The SMILES string of the molecule is [N-]=[N+]=NCCOCCOCCC1(N)N=C(N)N=C(N)N1. The van der Waals surface area contributed by atoms with Crippen LogP contribution in [0.4, 0.5) is 0 Å².